The zero-order valence-electron chi connectivity index (χ0n) is 17.6. The number of amides is 2. The fourth-order valence-electron chi connectivity index (χ4n) is 3.27. The van der Waals surface area contributed by atoms with Gasteiger partial charge >= 0.3 is 5.97 Å². The second kappa shape index (κ2) is 8.90. The van der Waals surface area contributed by atoms with E-state index in [1.807, 2.05) is 32.0 Å². The molecule has 30 heavy (non-hydrogen) atoms. The zero-order valence-corrected chi connectivity index (χ0v) is 17.6. The van der Waals surface area contributed by atoms with Gasteiger partial charge in [-0.05, 0) is 48.7 Å². The van der Waals surface area contributed by atoms with Crippen molar-refractivity contribution in [2.75, 3.05) is 19.2 Å². The molecule has 0 aliphatic carbocycles. The first-order valence-corrected chi connectivity index (χ1v) is 9.70. The second-order valence-corrected chi connectivity index (χ2v) is 7.39. The maximum atomic E-state index is 12.9. The van der Waals surface area contributed by atoms with Gasteiger partial charge in [-0.1, -0.05) is 24.3 Å². The van der Waals surface area contributed by atoms with Crippen LogP contribution < -0.4 is 5.01 Å². The van der Waals surface area contributed by atoms with Crippen LogP contribution in [0.4, 0.5) is 5.69 Å². The average molecular weight is 407 g/mol. The molecule has 2 aromatic carbocycles. The van der Waals surface area contributed by atoms with Gasteiger partial charge in [0.25, 0.3) is 5.91 Å². The van der Waals surface area contributed by atoms with Gasteiger partial charge in [0.05, 0.1) is 18.4 Å². The molecule has 0 atom stereocenters. The number of rotatable bonds is 5. The molecule has 2 aromatic rings. The van der Waals surface area contributed by atoms with E-state index in [-0.39, 0.29) is 18.2 Å². The maximum absolute atomic E-state index is 12.9. The minimum atomic E-state index is -0.404. The lowest BCUT2D eigenvalue weighted by molar-refractivity contribution is -0.123. The third kappa shape index (κ3) is 4.56. The van der Waals surface area contributed by atoms with Crippen LogP contribution in [0.15, 0.2) is 47.6 Å². The molecule has 0 N–H and O–H groups in total. The number of ether oxygens (including phenoxy) is 1. The van der Waals surface area contributed by atoms with Crippen molar-refractivity contribution < 1.29 is 19.1 Å². The highest BCUT2D eigenvalue weighted by molar-refractivity contribution is 6.40. The Kier molecular flexibility index (Phi) is 6.30. The van der Waals surface area contributed by atoms with Crippen molar-refractivity contribution in [2.24, 2.45) is 5.10 Å². The average Bonchev–Trinajstić information content (AvgIpc) is 2.75. The Balaban J connectivity index is 1.77. The normalized spacial score (nSPS) is 13.7. The lowest BCUT2D eigenvalue weighted by atomic mass is 10.1. The summed E-state index contributed by atoms with van der Waals surface area (Å²) in [7, 11) is 3.03. The molecule has 1 aliphatic rings. The zero-order chi connectivity index (χ0) is 21.8. The van der Waals surface area contributed by atoms with E-state index in [1.54, 1.807) is 36.2 Å². The first-order chi connectivity index (χ1) is 14.3. The van der Waals surface area contributed by atoms with Crippen molar-refractivity contribution in [2.45, 2.75) is 33.2 Å². The molecular weight excluding hydrogens is 382 g/mol. The summed E-state index contributed by atoms with van der Waals surface area (Å²) in [4.78, 5) is 38.5. The number of hydrogen-bond donors (Lipinski definition) is 0. The van der Waals surface area contributed by atoms with Crippen molar-refractivity contribution in [1.29, 1.82) is 0 Å². The highest BCUT2D eigenvalue weighted by Crippen LogP contribution is 2.25. The van der Waals surface area contributed by atoms with Gasteiger partial charge in [0.2, 0.25) is 5.91 Å². The largest absolute Gasteiger partial charge is 0.465 e. The number of anilines is 1. The summed E-state index contributed by atoms with van der Waals surface area (Å²) in [6.07, 6.45) is 0.546. The summed E-state index contributed by atoms with van der Waals surface area (Å²) < 4.78 is 4.69. The Morgan fingerprint density at radius 1 is 1.10 bits per heavy atom. The van der Waals surface area contributed by atoms with Gasteiger partial charge in [0.1, 0.15) is 5.71 Å². The van der Waals surface area contributed by atoms with Crippen LogP contribution in [0.1, 0.15) is 39.9 Å². The van der Waals surface area contributed by atoms with E-state index in [1.165, 1.54) is 12.1 Å². The van der Waals surface area contributed by atoms with E-state index in [4.69, 9.17) is 4.74 Å². The summed E-state index contributed by atoms with van der Waals surface area (Å²) in [5.74, 6) is -0.755. The molecule has 0 fully saturated rings. The van der Waals surface area contributed by atoms with Crippen molar-refractivity contribution >= 4 is 29.2 Å². The van der Waals surface area contributed by atoms with E-state index >= 15 is 0 Å². The van der Waals surface area contributed by atoms with Crippen LogP contribution in [0.2, 0.25) is 0 Å². The van der Waals surface area contributed by atoms with Crippen LogP contribution in [-0.4, -0.2) is 42.6 Å². The molecular formula is C23H25N3O4. The van der Waals surface area contributed by atoms with Gasteiger partial charge in [0, 0.05) is 26.4 Å². The second-order valence-electron chi connectivity index (χ2n) is 7.39. The molecule has 1 aliphatic heterocycles. The Morgan fingerprint density at radius 3 is 2.47 bits per heavy atom. The van der Waals surface area contributed by atoms with Crippen molar-refractivity contribution in [1.82, 2.24) is 4.90 Å². The van der Waals surface area contributed by atoms with E-state index in [9.17, 15) is 14.4 Å². The number of methoxy groups -OCH3 is 1. The summed E-state index contributed by atoms with van der Waals surface area (Å²) in [6.45, 7) is 4.22. The molecule has 0 aromatic heterocycles. The van der Waals surface area contributed by atoms with Crippen LogP contribution in [0, 0.1) is 13.8 Å². The number of esters is 1. The fraction of sp³-hybridized carbons (Fsp3) is 0.304. The molecule has 7 nitrogen and oxygen atoms in total. The quantitative estimate of drug-likeness (QED) is 0.713. The minimum Gasteiger partial charge on any atom is -0.465 e. The number of aryl methyl sites for hydroxylation is 2. The molecule has 0 spiro atoms. The van der Waals surface area contributed by atoms with Crippen molar-refractivity contribution in [3.63, 3.8) is 0 Å². The van der Waals surface area contributed by atoms with Crippen molar-refractivity contribution in [3.05, 3.63) is 64.7 Å². The molecule has 0 saturated carbocycles. The summed E-state index contributed by atoms with van der Waals surface area (Å²) in [6, 6.07) is 12.7. The molecule has 0 bridgehead atoms. The molecule has 0 saturated heterocycles. The summed E-state index contributed by atoms with van der Waals surface area (Å²) in [5.41, 5.74) is 4.32. The summed E-state index contributed by atoms with van der Waals surface area (Å²) in [5, 5.41) is 5.74. The van der Waals surface area contributed by atoms with Gasteiger partial charge < -0.3 is 9.64 Å². The first kappa shape index (κ1) is 21.2. The highest BCUT2D eigenvalue weighted by Gasteiger charge is 2.28. The Hall–Kier alpha value is -3.48. The number of carbonyl (C=O) groups excluding carboxylic acids is 3. The predicted molar refractivity (Wildman–Crippen MR) is 114 cm³/mol. The topological polar surface area (TPSA) is 79.3 Å². The predicted octanol–water partition coefficient (Wildman–Crippen LogP) is 3.23. The molecule has 7 heteroatoms. The van der Waals surface area contributed by atoms with E-state index in [0.29, 0.717) is 29.9 Å². The van der Waals surface area contributed by atoms with Crippen molar-refractivity contribution in [3.8, 4) is 0 Å². The van der Waals surface area contributed by atoms with Gasteiger partial charge in [-0.2, -0.15) is 5.10 Å². The van der Waals surface area contributed by atoms with Gasteiger partial charge in [-0.3, -0.25) is 9.59 Å². The number of benzene rings is 2. The minimum absolute atomic E-state index is 0.124. The first-order valence-electron chi connectivity index (χ1n) is 9.70. The Labute approximate surface area is 175 Å². The van der Waals surface area contributed by atoms with E-state index < -0.39 is 5.97 Å². The third-order valence-corrected chi connectivity index (χ3v) is 5.01. The standard InChI is InChI=1S/C23H25N3O4/c1-15-5-6-16(2)20(13-15)26-21(27)12-11-19(24-26)22(28)25(3)14-17-7-9-18(10-8-17)23(29)30-4/h5-10,13H,11-12,14H2,1-4H3. The fourth-order valence-corrected chi connectivity index (χ4v) is 3.27. The third-order valence-electron chi connectivity index (χ3n) is 5.01. The number of nitrogens with zero attached hydrogens (tertiary/aromatic N) is 3. The smallest absolute Gasteiger partial charge is 0.337 e. The maximum Gasteiger partial charge on any atom is 0.337 e. The van der Waals surface area contributed by atoms with Crippen LogP contribution in [0.25, 0.3) is 0 Å². The monoisotopic (exact) mass is 407 g/mol. The molecule has 2 amide bonds. The van der Waals surface area contributed by atoms with E-state index in [2.05, 4.69) is 5.10 Å². The molecule has 0 unspecified atom stereocenters. The van der Waals surface area contributed by atoms with Crippen LogP contribution in [0.3, 0.4) is 0 Å². The van der Waals surface area contributed by atoms with Crippen LogP contribution in [0.5, 0.6) is 0 Å². The van der Waals surface area contributed by atoms with E-state index in [0.717, 1.165) is 16.7 Å². The Morgan fingerprint density at radius 2 is 1.80 bits per heavy atom. The van der Waals surface area contributed by atoms with Crippen LogP contribution in [-0.2, 0) is 20.9 Å². The van der Waals surface area contributed by atoms with Gasteiger partial charge in [-0.25, -0.2) is 9.80 Å². The molecule has 1 heterocycles. The lowest BCUT2D eigenvalue weighted by Crippen LogP contribution is -2.40. The number of hydrogen-bond acceptors (Lipinski definition) is 5. The molecule has 0 radical (unpaired) electrons. The number of carbonyl (C=O) groups is 3. The SMILES string of the molecule is COC(=O)c1ccc(CN(C)C(=O)C2=NN(c3cc(C)ccc3C)C(=O)CC2)cc1. The van der Waals surface area contributed by atoms with Gasteiger partial charge in [-0.15, -0.1) is 0 Å². The molecule has 3 rings (SSSR count). The Bertz CT molecular complexity index is 1010. The lowest BCUT2D eigenvalue weighted by Gasteiger charge is -2.26. The van der Waals surface area contributed by atoms with Gasteiger partial charge in [0.15, 0.2) is 0 Å². The number of hydrazone groups is 1. The molecule has 156 valence electrons. The highest BCUT2D eigenvalue weighted by atomic mass is 16.5. The van der Waals surface area contributed by atoms with Crippen LogP contribution >= 0.6 is 0 Å². The summed E-state index contributed by atoms with van der Waals surface area (Å²) >= 11 is 0.